The van der Waals surface area contributed by atoms with E-state index in [-0.39, 0.29) is 11.6 Å². The molecule has 5 heteroatoms. The summed E-state index contributed by atoms with van der Waals surface area (Å²) in [5, 5.41) is 3.17. The Hall–Kier alpha value is -1.39. The maximum atomic E-state index is 13.7. The Balaban J connectivity index is 2.20. The van der Waals surface area contributed by atoms with Crippen LogP contribution in [0.2, 0.25) is 5.02 Å². The number of nitrogens with one attached hydrogen (secondary N) is 1. The molecule has 2 aromatic rings. The van der Waals surface area contributed by atoms with E-state index >= 15 is 0 Å². The first-order valence-corrected chi connectivity index (χ1v) is 7.69. The van der Waals surface area contributed by atoms with E-state index in [0.717, 1.165) is 10.0 Å². The van der Waals surface area contributed by atoms with E-state index in [1.807, 2.05) is 31.2 Å². The van der Waals surface area contributed by atoms with E-state index in [4.69, 9.17) is 11.6 Å². The maximum absolute atomic E-state index is 13.7. The minimum Gasteiger partial charge on any atom is -0.345 e. The first-order chi connectivity index (χ1) is 10.0. The third-order valence-electron chi connectivity index (χ3n) is 3.16. The molecule has 1 N–H and O–H groups in total. The Bertz CT molecular complexity index is 645. The number of benzene rings is 2. The monoisotopic (exact) mass is 369 g/mol. The number of halogens is 3. The zero-order chi connectivity index (χ0) is 15.4. The lowest BCUT2D eigenvalue weighted by Crippen LogP contribution is -2.28. The predicted molar refractivity (Wildman–Crippen MR) is 86.1 cm³/mol. The summed E-state index contributed by atoms with van der Waals surface area (Å²) in [6.45, 7) is 1.96. The van der Waals surface area contributed by atoms with Gasteiger partial charge in [0.15, 0.2) is 0 Å². The summed E-state index contributed by atoms with van der Waals surface area (Å²) in [6, 6.07) is 11.4. The van der Waals surface area contributed by atoms with Crippen molar-refractivity contribution in [2.75, 3.05) is 0 Å². The molecule has 0 bridgehead atoms. The van der Waals surface area contributed by atoms with E-state index in [1.54, 1.807) is 0 Å². The van der Waals surface area contributed by atoms with Crippen LogP contribution in [0.5, 0.6) is 0 Å². The average Bonchev–Trinajstić information content (AvgIpc) is 2.48. The number of hydrogen-bond donors (Lipinski definition) is 1. The summed E-state index contributed by atoms with van der Waals surface area (Å²) < 4.78 is 14.7. The van der Waals surface area contributed by atoms with Crippen molar-refractivity contribution in [1.29, 1.82) is 0 Å². The average molecular weight is 371 g/mol. The Morgan fingerprint density at radius 3 is 2.57 bits per heavy atom. The molecule has 0 aliphatic rings. The van der Waals surface area contributed by atoms with Crippen LogP contribution >= 0.6 is 27.5 Å². The molecule has 0 fully saturated rings. The molecular formula is C16H14BrClFNO. The molecule has 2 nitrogen and oxygen atoms in total. The SMILES string of the molecule is CCC(NC(=O)c1cc(Cl)ccc1F)c1ccc(Br)cc1. The maximum Gasteiger partial charge on any atom is 0.254 e. The van der Waals surface area contributed by atoms with Gasteiger partial charge in [-0.25, -0.2) is 4.39 Å². The standard InChI is InChI=1S/C16H14BrClFNO/c1-2-15(10-3-5-11(17)6-4-10)20-16(21)13-9-12(18)7-8-14(13)19/h3-9,15H,2H2,1H3,(H,20,21). The molecule has 0 saturated carbocycles. The van der Waals surface area contributed by atoms with Crippen molar-refractivity contribution < 1.29 is 9.18 Å². The first-order valence-electron chi connectivity index (χ1n) is 6.52. The number of rotatable bonds is 4. The van der Waals surface area contributed by atoms with Crippen LogP contribution in [0, 0.1) is 5.82 Å². The Kier molecular flexibility index (Phi) is 5.37. The van der Waals surface area contributed by atoms with Crippen molar-refractivity contribution in [2.24, 2.45) is 0 Å². The largest absolute Gasteiger partial charge is 0.345 e. The van der Waals surface area contributed by atoms with Crippen LogP contribution in [0.4, 0.5) is 4.39 Å². The van der Waals surface area contributed by atoms with Crippen LogP contribution in [0.1, 0.15) is 35.3 Å². The highest BCUT2D eigenvalue weighted by Gasteiger charge is 2.17. The second kappa shape index (κ2) is 7.05. The van der Waals surface area contributed by atoms with Crippen LogP contribution in [0.15, 0.2) is 46.9 Å². The van der Waals surface area contributed by atoms with Gasteiger partial charge in [0.1, 0.15) is 5.82 Å². The second-order valence-corrected chi connectivity index (χ2v) is 5.96. The molecular weight excluding hydrogens is 357 g/mol. The summed E-state index contributed by atoms with van der Waals surface area (Å²) in [5.74, 6) is -1.05. The molecule has 2 aromatic carbocycles. The van der Waals surface area contributed by atoms with Crippen molar-refractivity contribution >= 4 is 33.4 Å². The quantitative estimate of drug-likeness (QED) is 0.795. The van der Waals surface area contributed by atoms with Gasteiger partial charge in [0.05, 0.1) is 11.6 Å². The molecule has 0 aromatic heterocycles. The van der Waals surface area contributed by atoms with E-state index in [2.05, 4.69) is 21.2 Å². The Morgan fingerprint density at radius 2 is 1.95 bits per heavy atom. The van der Waals surface area contributed by atoms with Crippen molar-refractivity contribution in [3.8, 4) is 0 Å². The fraction of sp³-hybridized carbons (Fsp3) is 0.188. The van der Waals surface area contributed by atoms with Gasteiger partial charge in [0.2, 0.25) is 0 Å². The molecule has 110 valence electrons. The van der Waals surface area contributed by atoms with Crippen LogP contribution in [0.25, 0.3) is 0 Å². The van der Waals surface area contributed by atoms with E-state index in [9.17, 15) is 9.18 Å². The molecule has 21 heavy (non-hydrogen) atoms. The molecule has 0 aliphatic heterocycles. The van der Waals surface area contributed by atoms with Gasteiger partial charge in [-0.2, -0.15) is 0 Å². The van der Waals surface area contributed by atoms with Crippen LogP contribution < -0.4 is 5.32 Å². The van der Waals surface area contributed by atoms with Gasteiger partial charge in [-0.05, 0) is 42.3 Å². The lowest BCUT2D eigenvalue weighted by atomic mass is 10.0. The van der Waals surface area contributed by atoms with E-state index in [1.165, 1.54) is 18.2 Å². The van der Waals surface area contributed by atoms with Crippen LogP contribution in [-0.4, -0.2) is 5.91 Å². The van der Waals surface area contributed by atoms with Crippen LogP contribution in [0.3, 0.4) is 0 Å². The third kappa shape index (κ3) is 4.05. The third-order valence-corrected chi connectivity index (χ3v) is 3.92. The smallest absolute Gasteiger partial charge is 0.254 e. The lowest BCUT2D eigenvalue weighted by Gasteiger charge is -2.18. The van der Waals surface area contributed by atoms with Crippen molar-refractivity contribution in [3.05, 3.63) is 68.9 Å². The number of hydrogen-bond acceptors (Lipinski definition) is 1. The fourth-order valence-electron chi connectivity index (χ4n) is 2.02. The minimum atomic E-state index is -0.581. The van der Waals surface area contributed by atoms with Crippen LogP contribution in [-0.2, 0) is 0 Å². The molecule has 0 saturated heterocycles. The van der Waals surface area contributed by atoms with Crippen molar-refractivity contribution in [1.82, 2.24) is 5.32 Å². The zero-order valence-corrected chi connectivity index (χ0v) is 13.7. The summed E-state index contributed by atoms with van der Waals surface area (Å²) >= 11 is 9.18. The Morgan fingerprint density at radius 1 is 1.29 bits per heavy atom. The topological polar surface area (TPSA) is 29.1 Å². The number of amides is 1. The molecule has 1 unspecified atom stereocenters. The predicted octanol–water partition coefficient (Wildman–Crippen LogP) is 5.12. The fourth-order valence-corrected chi connectivity index (χ4v) is 2.46. The van der Waals surface area contributed by atoms with Gasteiger partial charge in [0.25, 0.3) is 5.91 Å². The van der Waals surface area contributed by atoms with Gasteiger partial charge < -0.3 is 5.32 Å². The first kappa shape index (κ1) is 16.0. The van der Waals surface area contributed by atoms with Gasteiger partial charge in [0, 0.05) is 9.50 Å². The van der Waals surface area contributed by atoms with Gasteiger partial charge in [-0.1, -0.05) is 46.6 Å². The second-order valence-electron chi connectivity index (χ2n) is 4.61. The highest BCUT2D eigenvalue weighted by molar-refractivity contribution is 9.10. The molecule has 0 spiro atoms. The molecule has 1 atom stereocenters. The number of carbonyl (C=O) groups is 1. The summed E-state index contributed by atoms with van der Waals surface area (Å²) in [4.78, 5) is 12.2. The summed E-state index contributed by atoms with van der Waals surface area (Å²) in [6.07, 6.45) is 0.704. The van der Waals surface area contributed by atoms with E-state index in [0.29, 0.717) is 11.4 Å². The highest BCUT2D eigenvalue weighted by Crippen LogP contribution is 2.21. The van der Waals surface area contributed by atoms with Crippen molar-refractivity contribution in [2.45, 2.75) is 19.4 Å². The van der Waals surface area contributed by atoms with Gasteiger partial charge in [-0.3, -0.25) is 4.79 Å². The molecule has 0 heterocycles. The minimum absolute atomic E-state index is 0.0435. The molecule has 0 radical (unpaired) electrons. The Labute approximate surface area is 136 Å². The highest BCUT2D eigenvalue weighted by atomic mass is 79.9. The molecule has 0 aliphatic carbocycles. The van der Waals surface area contributed by atoms with Crippen molar-refractivity contribution in [3.63, 3.8) is 0 Å². The van der Waals surface area contributed by atoms with E-state index < -0.39 is 11.7 Å². The summed E-state index contributed by atoms with van der Waals surface area (Å²) in [7, 11) is 0. The lowest BCUT2D eigenvalue weighted by molar-refractivity contribution is 0.0931. The molecule has 1 amide bonds. The van der Waals surface area contributed by atoms with Gasteiger partial charge in [-0.15, -0.1) is 0 Å². The zero-order valence-electron chi connectivity index (χ0n) is 11.4. The normalized spacial score (nSPS) is 12.0. The van der Waals surface area contributed by atoms with Gasteiger partial charge >= 0.3 is 0 Å². The number of carbonyl (C=O) groups excluding carboxylic acids is 1. The molecule has 2 rings (SSSR count). The summed E-state index contributed by atoms with van der Waals surface area (Å²) in [5.41, 5.74) is 0.926.